The van der Waals surface area contributed by atoms with Gasteiger partial charge < -0.3 is 10.7 Å². The highest BCUT2D eigenvalue weighted by Gasteiger charge is 2.00. The van der Waals surface area contributed by atoms with E-state index in [1.807, 2.05) is 13.0 Å². The summed E-state index contributed by atoms with van der Waals surface area (Å²) >= 11 is 0. The van der Waals surface area contributed by atoms with Gasteiger partial charge in [0.15, 0.2) is 0 Å². The lowest BCUT2D eigenvalue weighted by Crippen LogP contribution is -1.95. The molecule has 4 heteroatoms. The molecule has 0 atom stereocenters. The summed E-state index contributed by atoms with van der Waals surface area (Å²) in [6, 6.07) is 1.97. The summed E-state index contributed by atoms with van der Waals surface area (Å²) in [7, 11) is 0. The van der Waals surface area contributed by atoms with Crippen LogP contribution in [0.25, 0.3) is 11.0 Å². The molecule has 2 aromatic rings. The van der Waals surface area contributed by atoms with Gasteiger partial charge in [0.25, 0.3) is 0 Å². The number of aromatic amines is 1. The minimum Gasteiger partial charge on any atom is -0.342 e. The Balaban J connectivity index is 2.67. The zero-order valence-corrected chi connectivity index (χ0v) is 6.83. The maximum Gasteiger partial charge on any atom is 0.141 e. The molecule has 0 aliphatic heterocycles. The van der Waals surface area contributed by atoms with Crippen molar-refractivity contribution in [1.29, 1.82) is 0 Å². The summed E-state index contributed by atoms with van der Waals surface area (Å²) in [5.74, 6) is 0.771. The lowest BCUT2D eigenvalue weighted by molar-refractivity contribution is 1.01. The van der Waals surface area contributed by atoms with Crippen LogP contribution < -0.4 is 5.73 Å². The standard InChI is InChI=1S/C8H10N4/c1-5-10-4-6-2-7(3-9)12-8(6)11-5/h2,4H,3,9H2,1H3,(H,10,11,12). The van der Waals surface area contributed by atoms with Gasteiger partial charge in [-0.25, -0.2) is 9.97 Å². The third-order valence-electron chi connectivity index (χ3n) is 1.77. The number of nitrogens with two attached hydrogens (primary N) is 1. The summed E-state index contributed by atoms with van der Waals surface area (Å²) in [6.45, 7) is 2.37. The molecule has 2 aromatic heterocycles. The van der Waals surface area contributed by atoms with Crippen LogP contribution in [0.4, 0.5) is 0 Å². The fraction of sp³-hybridized carbons (Fsp3) is 0.250. The van der Waals surface area contributed by atoms with Crippen LogP contribution in [0.1, 0.15) is 11.5 Å². The molecule has 3 N–H and O–H groups in total. The Morgan fingerprint density at radius 2 is 2.42 bits per heavy atom. The molecule has 4 nitrogen and oxygen atoms in total. The molecule has 12 heavy (non-hydrogen) atoms. The molecular formula is C8H10N4. The van der Waals surface area contributed by atoms with Gasteiger partial charge in [0, 0.05) is 23.8 Å². The Kier molecular flexibility index (Phi) is 1.55. The van der Waals surface area contributed by atoms with Crippen LogP contribution >= 0.6 is 0 Å². The molecule has 0 saturated carbocycles. The maximum absolute atomic E-state index is 5.47. The SMILES string of the molecule is Cc1ncc2cc(CN)[nH]c2n1. The van der Waals surface area contributed by atoms with E-state index in [4.69, 9.17) is 5.73 Å². The molecule has 0 aliphatic rings. The van der Waals surface area contributed by atoms with Crippen LogP contribution in [0.5, 0.6) is 0 Å². The summed E-state index contributed by atoms with van der Waals surface area (Å²) in [5.41, 5.74) is 7.33. The van der Waals surface area contributed by atoms with Crippen LogP contribution in [0.3, 0.4) is 0 Å². The predicted octanol–water partition coefficient (Wildman–Crippen LogP) is 0.725. The van der Waals surface area contributed by atoms with Crippen LogP contribution in [0.15, 0.2) is 12.3 Å². The fourth-order valence-corrected chi connectivity index (χ4v) is 1.17. The Bertz CT molecular complexity index is 404. The average Bonchev–Trinajstić information content (AvgIpc) is 2.46. The van der Waals surface area contributed by atoms with Gasteiger partial charge in [0.1, 0.15) is 11.5 Å². The third kappa shape index (κ3) is 1.06. The number of hydrogen-bond donors (Lipinski definition) is 2. The first kappa shape index (κ1) is 7.24. The van der Waals surface area contributed by atoms with Gasteiger partial charge in [-0.3, -0.25) is 0 Å². The quantitative estimate of drug-likeness (QED) is 0.649. The fourth-order valence-electron chi connectivity index (χ4n) is 1.17. The second-order valence-electron chi connectivity index (χ2n) is 2.72. The first-order chi connectivity index (χ1) is 5.79. The molecule has 62 valence electrons. The number of nitrogens with one attached hydrogen (secondary N) is 1. The van der Waals surface area contributed by atoms with Gasteiger partial charge in [0.2, 0.25) is 0 Å². The molecule has 0 radical (unpaired) electrons. The smallest absolute Gasteiger partial charge is 0.141 e. The van der Waals surface area contributed by atoms with Gasteiger partial charge in [-0.2, -0.15) is 0 Å². The molecule has 2 rings (SSSR count). The molecule has 0 aliphatic carbocycles. The van der Waals surface area contributed by atoms with Crippen molar-refractivity contribution in [2.45, 2.75) is 13.5 Å². The van der Waals surface area contributed by atoms with Gasteiger partial charge >= 0.3 is 0 Å². The molecule has 0 bridgehead atoms. The summed E-state index contributed by atoms with van der Waals surface area (Å²) in [6.07, 6.45) is 1.80. The van der Waals surface area contributed by atoms with E-state index in [1.54, 1.807) is 6.20 Å². The van der Waals surface area contributed by atoms with Crippen LogP contribution in [-0.2, 0) is 6.54 Å². The average molecular weight is 162 g/mol. The van der Waals surface area contributed by atoms with E-state index >= 15 is 0 Å². The molecule has 0 unspecified atom stereocenters. The molecular weight excluding hydrogens is 152 g/mol. The number of nitrogens with zero attached hydrogens (tertiary/aromatic N) is 2. The van der Waals surface area contributed by atoms with Gasteiger partial charge in [-0.15, -0.1) is 0 Å². The molecule has 0 spiro atoms. The number of fused-ring (bicyclic) bond motifs is 1. The van der Waals surface area contributed by atoms with Crippen molar-refractivity contribution in [2.75, 3.05) is 0 Å². The number of aromatic nitrogens is 3. The van der Waals surface area contributed by atoms with Crippen LogP contribution in [-0.4, -0.2) is 15.0 Å². The van der Waals surface area contributed by atoms with Crippen molar-refractivity contribution >= 4 is 11.0 Å². The number of hydrogen-bond acceptors (Lipinski definition) is 3. The van der Waals surface area contributed by atoms with Gasteiger partial charge in [0.05, 0.1) is 0 Å². The van der Waals surface area contributed by atoms with Crippen molar-refractivity contribution in [3.05, 3.63) is 23.8 Å². The second kappa shape index (κ2) is 2.57. The lowest BCUT2D eigenvalue weighted by atomic mass is 10.3. The number of rotatable bonds is 1. The molecule has 0 saturated heterocycles. The first-order valence-electron chi connectivity index (χ1n) is 3.81. The van der Waals surface area contributed by atoms with Crippen molar-refractivity contribution in [2.24, 2.45) is 5.73 Å². The molecule has 0 aromatic carbocycles. The van der Waals surface area contributed by atoms with E-state index in [0.717, 1.165) is 22.6 Å². The van der Waals surface area contributed by atoms with E-state index in [1.165, 1.54) is 0 Å². The minimum absolute atomic E-state index is 0.509. The molecule has 2 heterocycles. The second-order valence-corrected chi connectivity index (χ2v) is 2.72. The summed E-state index contributed by atoms with van der Waals surface area (Å²) < 4.78 is 0. The van der Waals surface area contributed by atoms with Crippen molar-refractivity contribution < 1.29 is 0 Å². The summed E-state index contributed by atoms with van der Waals surface area (Å²) in [5, 5.41) is 1.01. The van der Waals surface area contributed by atoms with Crippen LogP contribution in [0, 0.1) is 6.92 Å². The topological polar surface area (TPSA) is 67.6 Å². The normalized spacial score (nSPS) is 10.8. The van der Waals surface area contributed by atoms with Gasteiger partial charge in [-0.05, 0) is 13.0 Å². The monoisotopic (exact) mass is 162 g/mol. The summed E-state index contributed by atoms with van der Waals surface area (Å²) in [4.78, 5) is 11.4. The highest BCUT2D eigenvalue weighted by molar-refractivity contribution is 5.75. The highest BCUT2D eigenvalue weighted by Crippen LogP contribution is 2.11. The Labute approximate surface area is 69.8 Å². The zero-order chi connectivity index (χ0) is 8.55. The van der Waals surface area contributed by atoms with Crippen molar-refractivity contribution in [1.82, 2.24) is 15.0 Å². The lowest BCUT2D eigenvalue weighted by Gasteiger charge is -1.89. The highest BCUT2D eigenvalue weighted by atomic mass is 14.9. The number of H-pyrrole nitrogens is 1. The minimum atomic E-state index is 0.509. The zero-order valence-electron chi connectivity index (χ0n) is 6.83. The molecule has 0 fully saturated rings. The largest absolute Gasteiger partial charge is 0.342 e. The van der Waals surface area contributed by atoms with E-state index in [2.05, 4.69) is 15.0 Å². The first-order valence-corrected chi connectivity index (χ1v) is 3.81. The van der Waals surface area contributed by atoms with E-state index < -0.39 is 0 Å². The Morgan fingerprint density at radius 1 is 1.58 bits per heavy atom. The molecule has 0 amide bonds. The van der Waals surface area contributed by atoms with Crippen molar-refractivity contribution in [3.8, 4) is 0 Å². The Morgan fingerprint density at radius 3 is 3.17 bits per heavy atom. The Hall–Kier alpha value is -1.42. The van der Waals surface area contributed by atoms with E-state index in [-0.39, 0.29) is 0 Å². The van der Waals surface area contributed by atoms with Gasteiger partial charge in [-0.1, -0.05) is 0 Å². The third-order valence-corrected chi connectivity index (χ3v) is 1.77. The predicted molar refractivity (Wildman–Crippen MR) is 46.5 cm³/mol. The van der Waals surface area contributed by atoms with E-state index in [9.17, 15) is 0 Å². The number of aryl methyl sites for hydroxylation is 1. The van der Waals surface area contributed by atoms with Crippen molar-refractivity contribution in [3.63, 3.8) is 0 Å². The van der Waals surface area contributed by atoms with Crippen LogP contribution in [0.2, 0.25) is 0 Å². The van der Waals surface area contributed by atoms with E-state index in [0.29, 0.717) is 6.54 Å². The maximum atomic E-state index is 5.47.